The minimum Gasteiger partial charge on any atom is -0.444 e. The van der Waals surface area contributed by atoms with Gasteiger partial charge in [0.2, 0.25) is 0 Å². The number of likely N-dealkylation sites (tertiary alicyclic amines) is 1. The summed E-state index contributed by atoms with van der Waals surface area (Å²) in [5, 5.41) is 4.98. The third-order valence-electron chi connectivity index (χ3n) is 5.18. The Labute approximate surface area is 181 Å². The molecular formula is C22H26ClN5O2. The molecule has 0 unspecified atom stereocenters. The smallest absolute Gasteiger partial charge is 0.410 e. The van der Waals surface area contributed by atoms with Crippen molar-refractivity contribution in [2.45, 2.75) is 45.8 Å². The number of rotatable bonds is 3. The van der Waals surface area contributed by atoms with Gasteiger partial charge >= 0.3 is 6.09 Å². The SMILES string of the molecule is CC(C)(C)OC(=O)N1CCC(Cn2cc(-c3cnc4ccc(Cl)nc4c3)cn2)CC1. The Hall–Kier alpha value is -2.67. The van der Waals surface area contributed by atoms with Crippen LogP contribution in [0.15, 0.2) is 36.8 Å². The van der Waals surface area contributed by atoms with Crippen LogP contribution < -0.4 is 0 Å². The number of hydrogen-bond donors (Lipinski definition) is 0. The van der Waals surface area contributed by atoms with Crippen molar-refractivity contribution in [3.8, 4) is 11.1 Å². The molecule has 0 aliphatic carbocycles. The second-order valence-corrected chi connectivity index (χ2v) is 9.15. The van der Waals surface area contributed by atoms with Crippen LogP contribution in [0.4, 0.5) is 4.79 Å². The summed E-state index contributed by atoms with van der Waals surface area (Å²) in [6, 6.07) is 5.58. The highest BCUT2D eigenvalue weighted by Crippen LogP contribution is 2.25. The topological polar surface area (TPSA) is 73.1 Å². The largest absolute Gasteiger partial charge is 0.444 e. The van der Waals surface area contributed by atoms with Gasteiger partial charge in [0.05, 0.1) is 17.2 Å². The summed E-state index contributed by atoms with van der Waals surface area (Å²) in [7, 11) is 0. The highest BCUT2D eigenvalue weighted by Gasteiger charge is 2.27. The maximum Gasteiger partial charge on any atom is 0.410 e. The predicted octanol–water partition coefficient (Wildman–Crippen LogP) is 4.79. The number of hydrogen-bond acceptors (Lipinski definition) is 5. The van der Waals surface area contributed by atoms with Crippen LogP contribution >= 0.6 is 11.6 Å². The van der Waals surface area contributed by atoms with Crippen molar-refractivity contribution >= 4 is 28.7 Å². The summed E-state index contributed by atoms with van der Waals surface area (Å²) >= 11 is 6.00. The fraction of sp³-hybridized carbons (Fsp3) is 0.455. The van der Waals surface area contributed by atoms with Gasteiger partial charge in [0.1, 0.15) is 10.8 Å². The maximum atomic E-state index is 12.2. The van der Waals surface area contributed by atoms with Gasteiger partial charge < -0.3 is 9.64 Å². The summed E-state index contributed by atoms with van der Waals surface area (Å²) in [5.74, 6) is 0.478. The van der Waals surface area contributed by atoms with E-state index in [0.29, 0.717) is 24.2 Å². The number of piperidine rings is 1. The molecule has 0 N–H and O–H groups in total. The van der Waals surface area contributed by atoms with Gasteiger partial charge in [-0.2, -0.15) is 5.10 Å². The van der Waals surface area contributed by atoms with Crippen molar-refractivity contribution in [2.75, 3.05) is 13.1 Å². The van der Waals surface area contributed by atoms with E-state index >= 15 is 0 Å². The van der Waals surface area contributed by atoms with Crippen molar-refractivity contribution in [3.05, 3.63) is 41.9 Å². The van der Waals surface area contributed by atoms with Crippen molar-refractivity contribution in [1.29, 1.82) is 0 Å². The number of pyridine rings is 2. The summed E-state index contributed by atoms with van der Waals surface area (Å²) in [5.41, 5.74) is 3.08. The van der Waals surface area contributed by atoms with E-state index in [1.54, 1.807) is 11.0 Å². The van der Waals surface area contributed by atoms with Gasteiger partial charge in [-0.15, -0.1) is 0 Å². The molecule has 1 aliphatic rings. The van der Waals surface area contributed by atoms with Gasteiger partial charge in [-0.3, -0.25) is 9.67 Å². The van der Waals surface area contributed by atoms with Gasteiger partial charge in [0.15, 0.2) is 0 Å². The van der Waals surface area contributed by atoms with Crippen LogP contribution in [0.1, 0.15) is 33.6 Å². The lowest BCUT2D eigenvalue weighted by atomic mass is 9.97. The van der Waals surface area contributed by atoms with E-state index in [1.165, 1.54) is 0 Å². The number of nitrogens with zero attached hydrogens (tertiary/aromatic N) is 5. The van der Waals surface area contributed by atoms with Crippen LogP contribution in [0.25, 0.3) is 22.2 Å². The highest BCUT2D eigenvalue weighted by molar-refractivity contribution is 6.29. The van der Waals surface area contributed by atoms with Crippen LogP contribution in [0, 0.1) is 5.92 Å². The number of carbonyl (C=O) groups is 1. The summed E-state index contributed by atoms with van der Waals surface area (Å²) in [4.78, 5) is 22.8. The summed E-state index contributed by atoms with van der Waals surface area (Å²) < 4.78 is 7.44. The van der Waals surface area contributed by atoms with Crippen LogP contribution in [0.3, 0.4) is 0 Å². The van der Waals surface area contributed by atoms with Crippen molar-refractivity contribution in [1.82, 2.24) is 24.6 Å². The first-order valence-electron chi connectivity index (χ1n) is 10.2. The van der Waals surface area contributed by atoms with E-state index in [4.69, 9.17) is 16.3 Å². The van der Waals surface area contributed by atoms with Crippen molar-refractivity contribution in [2.24, 2.45) is 5.92 Å². The van der Waals surface area contributed by atoms with Gasteiger partial charge in [-0.25, -0.2) is 9.78 Å². The molecule has 0 bridgehead atoms. The van der Waals surface area contributed by atoms with E-state index in [-0.39, 0.29) is 6.09 Å². The van der Waals surface area contributed by atoms with E-state index in [9.17, 15) is 4.79 Å². The Bertz CT molecular complexity index is 1050. The van der Waals surface area contributed by atoms with Crippen LogP contribution in [-0.2, 0) is 11.3 Å². The number of ether oxygens (including phenoxy) is 1. The predicted molar refractivity (Wildman–Crippen MR) is 116 cm³/mol. The Balaban J connectivity index is 1.37. The normalized spacial score (nSPS) is 15.5. The zero-order valence-electron chi connectivity index (χ0n) is 17.5. The van der Waals surface area contributed by atoms with E-state index in [1.807, 2.05) is 56.2 Å². The van der Waals surface area contributed by atoms with E-state index < -0.39 is 5.60 Å². The molecule has 1 saturated heterocycles. The second-order valence-electron chi connectivity index (χ2n) is 8.76. The molecule has 158 valence electrons. The first-order chi connectivity index (χ1) is 14.3. The molecule has 0 atom stereocenters. The minimum atomic E-state index is -0.460. The Morgan fingerprint density at radius 2 is 1.93 bits per heavy atom. The van der Waals surface area contributed by atoms with Gasteiger partial charge in [-0.05, 0) is 57.7 Å². The number of amides is 1. The van der Waals surface area contributed by atoms with Crippen LogP contribution in [0.2, 0.25) is 5.15 Å². The molecule has 8 heteroatoms. The molecule has 30 heavy (non-hydrogen) atoms. The zero-order chi connectivity index (χ0) is 21.3. The molecule has 4 rings (SSSR count). The van der Waals surface area contributed by atoms with Crippen molar-refractivity contribution < 1.29 is 9.53 Å². The maximum absolute atomic E-state index is 12.2. The van der Waals surface area contributed by atoms with Gasteiger partial charge in [-0.1, -0.05) is 11.6 Å². The average Bonchev–Trinajstić information content (AvgIpc) is 3.15. The van der Waals surface area contributed by atoms with Crippen LogP contribution in [0.5, 0.6) is 0 Å². The quantitative estimate of drug-likeness (QED) is 0.561. The summed E-state index contributed by atoms with van der Waals surface area (Å²) in [6.45, 7) is 7.94. The minimum absolute atomic E-state index is 0.222. The molecule has 3 aromatic heterocycles. The molecule has 1 fully saturated rings. The third kappa shape index (κ3) is 4.90. The van der Waals surface area contributed by atoms with Gasteiger partial charge in [0, 0.05) is 43.2 Å². The number of carbonyl (C=O) groups excluding carboxylic acids is 1. The van der Waals surface area contributed by atoms with Crippen molar-refractivity contribution in [3.63, 3.8) is 0 Å². The molecule has 0 saturated carbocycles. The lowest BCUT2D eigenvalue weighted by Crippen LogP contribution is -2.42. The second kappa shape index (κ2) is 8.22. The molecule has 1 aliphatic heterocycles. The number of fused-ring (bicyclic) bond motifs is 1. The van der Waals surface area contributed by atoms with Gasteiger partial charge in [0.25, 0.3) is 0 Å². The van der Waals surface area contributed by atoms with Crippen LogP contribution in [-0.4, -0.2) is 49.4 Å². The molecule has 4 heterocycles. The zero-order valence-corrected chi connectivity index (χ0v) is 18.3. The molecule has 0 radical (unpaired) electrons. The Morgan fingerprint density at radius 1 is 1.17 bits per heavy atom. The standard InChI is InChI=1S/C22H26ClN5O2/c1-22(2,3)30-21(29)27-8-6-15(7-9-27)13-28-14-17(12-25-28)16-10-19-18(24-11-16)4-5-20(23)26-19/h4-5,10-12,14-15H,6-9,13H2,1-3H3. The fourth-order valence-electron chi connectivity index (χ4n) is 3.64. The first-order valence-corrected chi connectivity index (χ1v) is 10.6. The summed E-state index contributed by atoms with van der Waals surface area (Å²) in [6.07, 6.45) is 7.37. The molecule has 3 aromatic rings. The molecule has 0 aromatic carbocycles. The molecular weight excluding hydrogens is 402 g/mol. The average molecular weight is 428 g/mol. The number of halogens is 1. The molecule has 7 nitrogen and oxygen atoms in total. The monoisotopic (exact) mass is 427 g/mol. The third-order valence-corrected chi connectivity index (χ3v) is 5.39. The van der Waals surface area contributed by atoms with E-state index in [2.05, 4.69) is 15.1 Å². The lowest BCUT2D eigenvalue weighted by molar-refractivity contribution is 0.0177. The highest BCUT2D eigenvalue weighted by atomic mass is 35.5. The lowest BCUT2D eigenvalue weighted by Gasteiger charge is -2.33. The Kier molecular flexibility index (Phi) is 5.64. The number of aromatic nitrogens is 4. The molecule has 1 amide bonds. The Morgan fingerprint density at radius 3 is 2.67 bits per heavy atom. The molecule has 0 spiro atoms. The fourth-order valence-corrected chi connectivity index (χ4v) is 3.80. The first kappa shape index (κ1) is 20.6. The van der Waals surface area contributed by atoms with E-state index in [0.717, 1.165) is 41.5 Å².